The summed E-state index contributed by atoms with van der Waals surface area (Å²) < 4.78 is 0. The van der Waals surface area contributed by atoms with Gasteiger partial charge in [0.25, 0.3) is 0 Å². The number of anilines is 1. The van der Waals surface area contributed by atoms with Crippen LogP contribution in [0.15, 0.2) is 11.4 Å². The first kappa shape index (κ1) is 11.3. The third kappa shape index (κ3) is 2.61. The fourth-order valence-corrected chi connectivity index (χ4v) is 2.26. The van der Waals surface area contributed by atoms with Gasteiger partial charge in [-0.05, 0) is 18.1 Å². The van der Waals surface area contributed by atoms with Gasteiger partial charge in [0.05, 0.1) is 0 Å². The predicted octanol–water partition coefficient (Wildman–Crippen LogP) is 2.68. The summed E-state index contributed by atoms with van der Waals surface area (Å²) in [6.45, 7) is 6.39. The summed E-state index contributed by atoms with van der Waals surface area (Å²) in [5.74, 6) is 2.08. The minimum Gasteiger partial charge on any atom is -0.383 e. The number of nitrogen functional groups attached to an aromatic ring is 1. The lowest BCUT2D eigenvalue weighted by atomic mass is 10.1. The molecule has 1 aromatic heterocycles. The number of hydrogen-bond acceptors (Lipinski definition) is 4. The van der Waals surface area contributed by atoms with E-state index < -0.39 is 0 Å². The van der Waals surface area contributed by atoms with E-state index in [1.54, 1.807) is 18.1 Å². The van der Waals surface area contributed by atoms with Gasteiger partial charge < -0.3 is 5.73 Å². The van der Waals surface area contributed by atoms with Gasteiger partial charge in [-0.1, -0.05) is 20.8 Å². The van der Waals surface area contributed by atoms with Gasteiger partial charge in [0.15, 0.2) is 0 Å². The van der Waals surface area contributed by atoms with Gasteiger partial charge in [-0.3, -0.25) is 0 Å². The second-order valence-electron chi connectivity index (χ2n) is 3.48. The van der Waals surface area contributed by atoms with Gasteiger partial charge in [0, 0.05) is 5.56 Å². The van der Waals surface area contributed by atoms with Crippen molar-refractivity contribution in [2.24, 2.45) is 0 Å². The molecule has 1 aromatic rings. The van der Waals surface area contributed by atoms with Crippen molar-refractivity contribution in [1.29, 1.82) is 0 Å². The lowest BCUT2D eigenvalue weighted by Crippen LogP contribution is -2.03. The van der Waals surface area contributed by atoms with Gasteiger partial charge in [-0.25, -0.2) is 9.97 Å². The highest BCUT2D eigenvalue weighted by Crippen LogP contribution is 2.29. The Bertz CT molecular complexity index is 299. The van der Waals surface area contributed by atoms with Crippen LogP contribution < -0.4 is 5.73 Å². The highest BCUT2D eigenvalue weighted by molar-refractivity contribution is 7.99. The Hall–Kier alpha value is -0.770. The Kier molecular flexibility index (Phi) is 4.20. The van der Waals surface area contributed by atoms with E-state index in [2.05, 4.69) is 30.7 Å². The van der Waals surface area contributed by atoms with E-state index in [-0.39, 0.29) is 0 Å². The van der Waals surface area contributed by atoms with E-state index in [1.165, 1.54) is 0 Å². The van der Waals surface area contributed by atoms with E-state index >= 15 is 0 Å². The molecule has 0 amide bonds. The third-order valence-corrected chi connectivity index (χ3v) is 3.11. The SMILES string of the molecule is CCCSc1ncnc(N)c1C(C)C. The topological polar surface area (TPSA) is 51.8 Å². The second-order valence-corrected chi connectivity index (χ2v) is 4.56. The molecule has 0 aliphatic carbocycles. The lowest BCUT2D eigenvalue weighted by molar-refractivity contribution is 0.808. The first-order chi connectivity index (χ1) is 6.66. The van der Waals surface area contributed by atoms with E-state index in [0.29, 0.717) is 11.7 Å². The zero-order valence-corrected chi connectivity index (χ0v) is 9.77. The molecule has 2 N–H and O–H groups in total. The average molecular weight is 211 g/mol. The van der Waals surface area contributed by atoms with Gasteiger partial charge >= 0.3 is 0 Å². The lowest BCUT2D eigenvalue weighted by Gasteiger charge is -2.12. The van der Waals surface area contributed by atoms with Gasteiger partial charge in [-0.2, -0.15) is 0 Å². The summed E-state index contributed by atoms with van der Waals surface area (Å²) >= 11 is 1.76. The normalized spacial score (nSPS) is 10.9. The van der Waals surface area contributed by atoms with Crippen LogP contribution in [0.3, 0.4) is 0 Å². The van der Waals surface area contributed by atoms with E-state index in [0.717, 1.165) is 22.8 Å². The minimum atomic E-state index is 0.385. The second kappa shape index (κ2) is 5.20. The number of thioether (sulfide) groups is 1. The van der Waals surface area contributed by atoms with Crippen molar-refractivity contribution >= 4 is 17.6 Å². The number of hydrogen-bond donors (Lipinski definition) is 1. The molecule has 0 fully saturated rings. The Morgan fingerprint density at radius 2 is 2.14 bits per heavy atom. The summed E-state index contributed by atoms with van der Waals surface area (Å²) in [7, 11) is 0. The van der Waals surface area contributed by atoms with Crippen molar-refractivity contribution in [2.75, 3.05) is 11.5 Å². The highest BCUT2D eigenvalue weighted by atomic mass is 32.2. The molecule has 0 atom stereocenters. The molecule has 14 heavy (non-hydrogen) atoms. The average Bonchev–Trinajstić information content (AvgIpc) is 2.14. The highest BCUT2D eigenvalue weighted by Gasteiger charge is 2.12. The Morgan fingerprint density at radius 1 is 1.43 bits per heavy atom. The van der Waals surface area contributed by atoms with Gasteiger partial charge in [-0.15, -0.1) is 11.8 Å². The maximum Gasteiger partial charge on any atom is 0.131 e. The Morgan fingerprint density at radius 3 is 2.71 bits per heavy atom. The van der Waals surface area contributed by atoms with Gasteiger partial charge in [0.1, 0.15) is 17.2 Å². The maximum atomic E-state index is 5.83. The molecule has 0 aliphatic heterocycles. The fraction of sp³-hybridized carbons (Fsp3) is 0.600. The van der Waals surface area contributed by atoms with Crippen molar-refractivity contribution in [3.63, 3.8) is 0 Å². The molecule has 0 radical (unpaired) electrons. The van der Waals surface area contributed by atoms with Crippen LogP contribution in [0.4, 0.5) is 5.82 Å². The summed E-state index contributed by atoms with van der Waals surface area (Å²) in [5, 5.41) is 1.04. The number of aromatic nitrogens is 2. The van der Waals surface area contributed by atoms with Crippen LogP contribution in [-0.4, -0.2) is 15.7 Å². The monoisotopic (exact) mass is 211 g/mol. The maximum absolute atomic E-state index is 5.83. The van der Waals surface area contributed by atoms with E-state index in [4.69, 9.17) is 5.73 Å². The van der Waals surface area contributed by atoms with Crippen LogP contribution in [0, 0.1) is 0 Å². The summed E-state index contributed by atoms with van der Waals surface area (Å²) in [4.78, 5) is 8.29. The zero-order chi connectivity index (χ0) is 10.6. The first-order valence-electron chi connectivity index (χ1n) is 4.90. The standard InChI is InChI=1S/C10H17N3S/c1-4-5-14-10-8(7(2)3)9(11)12-6-13-10/h6-7H,4-5H2,1-3H3,(H2,11,12,13). The molecule has 0 aliphatic rings. The quantitative estimate of drug-likeness (QED) is 0.614. The molecule has 0 aromatic carbocycles. The van der Waals surface area contributed by atoms with Crippen LogP contribution in [0.2, 0.25) is 0 Å². The van der Waals surface area contributed by atoms with Crippen LogP contribution >= 0.6 is 11.8 Å². The number of rotatable bonds is 4. The summed E-state index contributed by atoms with van der Waals surface area (Å²) in [5.41, 5.74) is 6.92. The van der Waals surface area contributed by atoms with Crippen LogP contribution in [0.1, 0.15) is 38.7 Å². The molecule has 0 spiro atoms. The molecule has 1 heterocycles. The van der Waals surface area contributed by atoms with Crippen molar-refractivity contribution in [3.05, 3.63) is 11.9 Å². The molecule has 0 saturated heterocycles. The van der Waals surface area contributed by atoms with Crippen molar-refractivity contribution in [3.8, 4) is 0 Å². The third-order valence-electron chi connectivity index (χ3n) is 1.90. The summed E-state index contributed by atoms with van der Waals surface area (Å²) in [6, 6.07) is 0. The van der Waals surface area contributed by atoms with Crippen LogP contribution in [0.5, 0.6) is 0 Å². The number of nitrogens with two attached hydrogens (primary N) is 1. The molecule has 78 valence electrons. The molecular formula is C10H17N3S. The first-order valence-corrected chi connectivity index (χ1v) is 5.88. The fourth-order valence-electron chi connectivity index (χ4n) is 1.25. The van der Waals surface area contributed by atoms with E-state index in [9.17, 15) is 0 Å². The van der Waals surface area contributed by atoms with Crippen molar-refractivity contribution < 1.29 is 0 Å². The molecule has 1 rings (SSSR count). The minimum absolute atomic E-state index is 0.385. The molecule has 0 bridgehead atoms. The predicted molar refractivity (Wildman–Crippen MR) is 61.5 cm³/mol. The van der Waals surface area contributed by atoms with E-state index in [1.807, 2.05) is 0 Å². The molecule has 3 nitrogen and oxygen atoms in total. The smallest absolute Gasteiger partial charge is 0.131 e. The van der Waals surface area contributed by atoms with Crippen LogP contribution in [-0.2, 0) is 0 Å². The van der Waals surface area contributed by atoms with Gasteiger partial charge in [0.2, 0.25) is 0 Å². The molecule has 0 unspecified atom stereocenters. The van der Waals surface area contributed by atoms with Crippen LogP contribution in [0.25, 0.3) is 0 Å². The molecular weight excluding hydrogens is 194 g/mol. The van der Waals surface area contributed by atoms with Crippen molar-refractivity contribution in [2.45, 2.75) is 38.1 Å². The Labute approximate surface area is 89.5 Å². The largest absolute Gasteiger partial charge is 0.383 e. The zero-order valence-electron chi connectivity index (χ0n) is 8.95. The summed E-state index contributed by atoms with van der Waals surface area (Å²) in [6.07, 6.45) is 2.69. The molecule has 0 saturated carbocycles. The number of nitrogens with zero attached hydrogens (tertiary/aromatic N) is 2. The van der Waals surface area contributed by atoms with Crippen molar-refractivity contribution in [1.82, 2.24) is 9.97 Å². The molecule has 4 heteroatoms. The Balaban J connectivity index is 2.96.